The fourth-order valence-electron chi connectivity index (χ4n) is 1.14. The third-order valence-corrected chi connectivity index (χ3v) is 2.00. The molecule has 1 N–H and O–H groups in total. The minimum Gasteiger partial charge on any atom is -0.494 e. The first-order valence-electron chi connectivity index (χ1n) is 5.10. The SMILES string of the molecule is CCOc1cccc(NC(=O)C(C)C#N)c1. The average molecular weight is 218 g/mol. The maximum atomic E-state index is 11.4. The van der Waals surface area contributed by atoms with Crippen molar-refractivity contribution in [3.05, 3.63) is 24.3 Å². The summed E-state index contributed by atoms with van der Waals surface area (Å²) < 4.78 is 5.30. The van der Waals surface area contributed by atoms with Gasteiger partial charge in [0.05, 0.1) is 12.7 Å². The Labute approximate surface area is 94.8 Å². The van der Waals surface area contributed by atoms with E-state index in [9.17, 15) is 4.79 Å². The molecule has 0 aliphatic heterocycles. The van der Waals surface area contributed by atoms with Gasteiger partial charge in [-0.2, -0.15) is 5.26 Å². The number of carbonyl (C=O) groups is 1. The summed E-state index contributed by atoms with van der Waals surface area (Å²) in [6, 6.07) is 8.97. The number of anilines is 1. The number of hydrogen-bond acceptors (Lipinski definition) is 3. The summed E-state index contributed by atoms with van der Waals surface area (Å²) in [4.78, 5) is 11.4. The van der Waals surface area contributed by atoms with Crippen LogP contribution in [-0.4, -0.2) is 12.5 Å². The van der Waals surface area contributed by atoms with E-state index in [0.717, 1.165) is 0 Å². The Morgan fingerprint density at radius 2 is 2.38 bits per heavy atom. The average Bonchev–Trinajstić information content (AvgIpc) is 2.29. The molecular weight excluding hydrogens is 204 g/mol. The van der Waals surface area contributed by atoms with E-state index in [4.69, 9.17) is 10.00 Å². The molecule has 0 bridgehead atoms. The zero-order valence-corrected chi connectivity index (χ0v) is 9.36. The molecule has 0 aliphatic carbocycles. The molecule has 4 heteroatoms. The van der Waals surface area contributed by atoms with Gasteiger partial charge in [-0.25, -0.2) is 0 Å². The van der Waals surface area contributed by atoms with Gasteiger partial charge >= 0.3 is 0 Å². The van der Waals surface area contributed by atoms with Gasteiger partial charge in [-0.05, 0) is 26.0 Å². The Morgan fingerprint density at radius 1 is 1.62 bits per heavy atom. The Hall–Kier alpha value is -2.02. The standard InChI is InChI=1S/C12H14N2O2/c1-3-16-11-6-4-5-10(7-11)14-12(15)9(2)8-13/h4-7,9H,3H2,1-2H3,(H,14,15). The van der Waals surface area contributed by atoms with Crippen molar-refractivity contribution in [3.8, 4) is 11.8 Å². The summed E-state index contributed by atoms with van der Waals surface area (Å²) in [5.41, 5.74) is 0.637. The van der Waals surface area contributed by atoms with Gasteiger partial charge < -0.3 is 10.1 Å². The van der Waals surface area contributed by atoms with Gasteiger partial charge in [-0.15, -0.1) is 0 Å². The fraction of sp³-hybridized carbons (Fsp3) is 0.333. The summed E-state index contributed by atoms with van der Waals surface area (Å²) >= 11 is 0. The summed E-state index contributed by atoms with van der Waals surface area (Å²) in [5.74, 6) is -0.267. The number of nitrogens with zero attached hydrogens (tertiary/aromatic N) is 1. The Kier molecular flexibility index (Phi) is 4.34. The third-order valence-electron chi connectivity index (χ3n) is 2.00. The van der Waals surface area contributed by atoms with Crippen molar-refractivity contribution >= 4 is 11.6 Å². The molecule has 0 aliphatic rings. The second-order valence-electron chi connectivity index (χ2n) is 3.30. The molecule has 1 rings (SSSR count). The van der Waals surface area contributed by atoms with Crippen LogP contribution in [0.4, 0.5) is 5.69 Å². The number of carbonyl (C=O) groups excluding carboxylic acids is 1. The molecule has 1 aromatic carbocycles. The predicted octanol–water partition coefficient (Wildman–Crippen LogP) is 2.18. The van der Waals surface area contributed by atoms with E-state index >= 15 is 0 Å². The number of amides is 1. The predicted molar refractivity (Wildman–Crippen MR) is 61.0 cm³/mol. The highest BCUT2D eigenvalue weighted by Crippen LogP contribution is 2.17. The Morgan fingerprint density at radius 3 is 3.00 bits per heavy atom. The lowest BCUT2D eigenvalue weighted by molar-refractivity contribution is -0.117. The van der Waals surface area contributed by atoms with Crippen molar-refractivity contribution in [2.45, 2.75) is 13.8 Å². The lowest BCUT2D eigenvalue weighted by Gasteiger charge is -2.08. The summed E-state index contributed by atoms with van der Waals surface area (Å²) in [5, 5.41) is 11.2. The molecule has 84 valence electrons. The van der Waals surface area contributed by atoms with Gasteiger partial charge in [0.15, 0.2) is 0 Å². The van der Waals surface area contributed by atoms with Crippen LogP contribution in [0.5, 0.6) is 5.75 Å². The molecule has 0 heterocycles. The zero-order valence-electron chi connectivity index (χ0n) is 9.36. The smallest absolute Gasteiger partial charge is 0.241 e. The number of benzene rings is 1. The van der Waals surface area contributed by atoms with Gasteiger partial charge in [0, 0.05) is 11.8 Å². The minimum atomic E-state index is -0.657. The molecular formula is C12H14N2O2. The van der Waals surface area contributed by atoms with Gasteiger partial charge in [-0.3, -0.25) is 4.79 Å². The van der Waals surface area contributed by atoms with E-state index in [1.807, 2.05) is 19.1 Å². The molecule has 0 fully saturated rings. The largest absolute Gasteiger partial charge is 0.494 e. The van der Waals surface area contributed by atoms with Crippen LogP contribution < -0.4 is 10.1 Å². The first kappa shape index (κ1) is 12.1. The number of ether oxygens (including phenoxy) is 1. The molecule has 1 atom stereocenters. The molecule has 0 aromatic heterocycles. The zero-order chi connectivity index (χ0) is 12.0. The van der Waals surface area contributed by atoms with Crippen molar-refractivity contribution in [2.75, 3.05) is 11.9 Å². The van der Waals surface area contributed by atoms with Crippen LogP contribution in [-0.2, 0) is 4.79 Å². The lowest BCUT2D eigenvalue weighted by atomic mass is 10.2. The van der Waals surface area contributed by atoms with Crippen molar-refractivity contribution < 1.29 is 9.53 Å². The number of hydrogen-bond donors (Lipinski definition) is 1. The molecule has 0 saturated carbocycles. The van der Waals surface area contributed by atoms with Crippen molar-refractivity contribution in [2.24, 2.45) is 5.92 Å². The molecule has 1 amide bonds. The first-order chi connectivity index (χ1) is 7.67. The monoisotopic (exact) mass is 218 g/mol. The van der Waals surface area contributed by atoms with E-state index in [1.54, 1.807) is 25.1 Å². The van der Waals surface area contributed by atoms with Crippen molar-refractivity contribution in [1.29, 1.82) is 5.26 Å². The maximum absolute atomic E-state index is 11.4. The number of nitriles is 1. The van der Waals surface area contributed by atoms with Crippen LogP contribution >= 0.6 is 0 Å². The molecule has 16 heavy (non-hydrogen) atoms. The highest BCUT2D eigenvalue weighted by Gasteiger charge is 2.11. The molecule has 4 nitrogen and oxygen atoms in total. The number of rotatable bonds is 4. The lowest BCUT2D eigenvalue weighted by Crippen LogP contribution is -2.18. The van der Waals surface area contributed by atoms with E-state index < -0.39 is 5.92 Å². The normalized spacial score (nSPS) is 11.3. The summed E-state index contributed by atoms with van der Waals surface area (Å²) in [6.07, 6.45) is 0. The van der Waals surface area contributed by atoms with Gasteiger partial charge in [0.1, 0.15) is 11.7 Å². The second kappa shape index (κ2) is 5.76. The maximum Gasteiger partial charge on any atom is 0.241 e. The Balaban J connectivity index is 2.71. The van der Waals surface area contributed by atoms with Crippen LogP contribution in [0.15, 0.2) is 24.3 Å². The van der Waals surface area contributed by atoms with E-state index in [0.29, 0.717) is 18.0 Å². The molecule has 0 spiro atoms. The molecule has 0 radical (unpaired) electrons. The van der Waals surface area contributed by atoms with Crippen LogP contribution in [0, 0.1) is 17.2 Å². The fourth-order valence-corrected chi connectivity index (χ4v) is 1.14. The minimum absolute atomic E-state index is 0.309. The van der Waals surface area contributed by atoms with Gasteiger partial charge in [-0.1, -0.05) is 6.07 Å². The summed E-state index contributed by atoms with van der Waals surface area (Å²) in [6.45, 7) is 4.02. The van der Waals surface area contributed by atoms with Crippen LogP contribution in [0.3, 0.4) is 0 Å². The van der Waals surface area contributed by atoms with E-state index in [2.05, 4.69) is 5.32 Å². The van der Waals surface area contributed by atoms with Crippen molar-refractivity contribution in [1.82, 2.24) is 0 Å². The Bertz CT molecular complexity index is 410. The number of nitrogens with one attached hydrogen (secondary N) is 1. The molecule has 1 aromatic rings. The third kappa shape index (κ3) is 3.28. The van der Waals surface area contributed by atoms with Crippen molar-refractivity contribution in [3.63, 3.8) is 0 Å². The molecule has 1 unspecified atom stereocenters. The van der Waals surface area contributed by atoms with Gasteiger partial charge in [0.25, 0.3) is 0 Å². The second-order valence-corrected chi connectivity index (χ2v) is 3.30. The van der Waals surface area contributed by atoms with E-state index in [-0.39, 0.29) is 5.91 Å². The van der Waals surface area contributed by atoms with Crippen LogP contribution in [0.1, 0.15) is 13.8 Å². The van der Waals surface area contributed by atoms with E-state index in [1.165, 1.54) is 0 Å². The summed E-state index contributed by atoms with van der Waals surface area (Å²) in [7, 11) is 0. The highest BCUT2D eigenvalue weighted by atomic mass is 16.5. The topological polar surface area (TPSA) is 62.1 Å². The quantitative estimate of drug-likeness (QED) is 0.842. The highest BCUT2D eigenvalue weighted by molar-refractivity contribution is 5.93. The molecule has 0 saturated heterocycles. The van der Waals surface area contributed by atoms with Crippen LogP contribution in [0.2, 0.25) is 0 Å². The van der Waals surface area contributed by atoms with Crippen LogP contribution in [0.25, 0.3) is 0 Å². The first-order valence-corrected chi connectivity index (χ1v) is 5.10. The van der Waals surface area contributed by atoms with Gasteiger partial charge in [0.2, 0.25) is 5.91 Å².